The molecule has 1 aromatic carbocycles. The van der Waals surface area contributed by atoms with E-state index in [1.807, 2.05) is 23.1 Å². The summed E-state index contributed by atoms with van der Waals surface area (Å²) in [4.78, 5) is 28.4. The summed E-state index contributed by atoms with van der Waals surface area (Å²) >= 11 is 0. The molecule has 0 unspecified atom stereocenters. The van der Waals surface area contributed by atoms with Gasteiger partial charge in [0.15, 0.2) is 5.78 Å². The second kappa shape index (κ2) is 6.18. The van der Waals surface area contributed by atoms with Crippen LogP contribution >= 0.6 is 0 Å². The molecule has 0 aromatic heterocycles. The average molecular weight is 257 g/mol. The Labute approximate surface area is 111 Å². The molecule has 5 heteroatoms. The van der Waals surface area contributed by atoms with Crippen LogP contribution < -0.4 is 0 Å². The minimum atomic E-state index is -0.344. The molecule has 0 aliphatic carbocycles. The summed E-state index contributed by atoms with van der Waals surface area (Å²) in [7, 11) is 0. The van der Waals surface area contributed by atoms with Gasteiger partial charge in [0.2, 0.25) is 0 Å². The lowest BCUT2D eigenvalue weighted by Gasteiger charge is -2.20. The molecular formula is C14H15N3O2. The van der Waals surface area contributed by atoms with Crippen LogP contribution in [0.1, 0.15) is 23.2 Å². The van der Waals surface area contributed by atoms with Crippen LogP contribution in [0.3, 0.4) is 0 Å². The van der Waals surface area contributed by atoms with E-state index >= 15 is 0 Å². The van der Waals surface area contributed by atoms with E-state index in [2.05, 4.69) is 4.79 Å². The van der Waals surface area contributed by atoms with Gasteiger partial charge in [-0.15, -0.1) is 0 Å². The molecule has 1 atom stereocenters. The summed E-state index contributed by atoms with van der Waals surface area (Å²) in [5, 5.41) is 0. The van der Waals surface area contributed by atoms with E-state index in [0.717, 1.165) is 12.6 Å². The van der Waals surface area contributed by atoms with Crippen molar-refractivity contribution in [3.05, 3.63) is 41.4 Å². The maximum atomic E-state index is 12.1. The van der Waals surface area contributed by atoms with Crippen molar-refractivity contribution in [2.24, 2.45) is 0 Å². The van der Waals surface area contributed by atoms with Crippen molar-refractivity contribution in [2.45, 2.75) is 18.9 Å². The van der Waals surface area contributed by atoms with E-state index in [1.165, 1.54) is 0 Å². The van der Waals surface area contributed by atoms with Crippen molar-refractivity contribution in [1.82, 2.24) is 4.90 Å². The number of hydrogen-bond acceptors (Lipinski definition) is 3. The molecule has 0 radical (unpaired) electrons. The van der Waals surface area contributed by atoms with E-state index in [0.29, 0.717) is 18.5 Å². The minimum absolute atomic E-state index is 0.00115. The maximum absolute atomic E-state index is 12.1. The van der Waals surface area contributed by atoms with Crippen LogP contribution in [0.4, 0.5) is 0 Å². The fourth-order valence-corrected chi connectivity index (χ4v) is 2.38. The van der Waals surface area contributed by atoms with Crippen LogP contribution in [0.25, 0.3) is 5.53 Å². The van der Waals surface area contributed by atoms with Gasteiger partial charge in [0, 0.05) is 5.56 Å². The molecule has 0 N–H and O–H groups in total. The van der Waals surface area contributed by atoms with Crippen LogP contribution in [-0.4, -0.2) is 46.6 Å². The number of hydrogen-bond donors (Lipinski definition) is 0. The summed E-state index contributed by atoms with van der Waals surface area (Å²) in [5.74, 6) is -0.248. The van der Waals surface area contributed by atoms with Crippen molar-refractivity contribution in [3.63, 3.8) is 0 Å². The van der Waals surface area contributed by atoms with Gasteiger partial charge < -0.3 is 5.53 Å². The zero-order valence-corrected chi connectivity index (χ0v) is 10.5. The number of nitrogens with zero attached hydrogens (tertiary/aromatic N) is 3. The number of rotatable bonds is 5. The summed E-state index contributed by atoms with van der Waals surface area (Å²) in [6.45, 7) is 0.938. The van der Waals surface area contributed by atoms with E-state index in [9.17, 15) is 9.59 Å². The maximum Gasteiger partial charge on any atom is 0.324 e. The fraction of sp³-hybridized carbons (Fsp3) is 0.357. The Kier molecular flexibility index (Phi) is 4.34. The van der Waals surface area contributed by atoms with Gasteiger partial charge in [0.25, 0.3) is 5.78 Å². The van der Waals surface area contributed by atoms with Crippen molar-refractivity contribution < 1.29 is 14.4 Å². The summed E-state index contributed by atoms with van der Waals surface area (Å²) in [6, 6.07) is 8.69. The Morgan fingerprint density at radius 1 is 1.37 bits per heavy atom. The molecule has 0 bridgehead atoms. The summed E-state index contributed by atoms with van der Waals surface area (Å²) in [6.07, 6.45) is 2.49. The summed E-state index contributed by atoms with van der Waals surface area (Å²) in [5.41, 5.74) is 9.06. The van der Waals surface area contributed by atoms with Gasteiger partial charge in [-0.1, -0.05) is 30.3 Å². The highest BCUT2D eigenvalue weighted by atomic mass is 16.1. The molecule has 1 aliphatic heterocycles. The molecular weight excluding hydrogens is 242 g/mol. The molecule has 5 nitrogen and oxygen atoms in total. The molecule has 0 amide bonds. The third-order valence-corrected chi connectivity index (χ3v) is 3.32. The molecule has 1 heterocycles. The van der Waals surface area contributed by atoms with Gasteiger partial charge in [0.1, 0.15) is 0 Å². The zero-order valence-electron chi connectivity index (χ0n) is 10.5. The van der Waals surface area contributed by atoms with Gasteiger partial charge >= 0.3 is 6.21 Å². The lowest BCUT2D eigenvalue weighted by atomic mass is 10.1. The predicted octanol–water partition coefficient (Wildman–Crippen LogP) is 1.20. The Balaban J connectivity index is 2.04. The van der Waals surface area contributed by atoms with E-state index in [1.54, 1.807) is 12.1 Å². The fourth-order valence-electron chi connectivity index (χ4n) is 2.38. The molecule has 0 saturated carbocycles. The number of benzene rings is 1. The Morgan fingerprint density at radius 2 is 2.11 bits per heavy atom. The van der Waals surface area contributed by atoms with Crippen LogP contribution in [0.5, 0.6) is 0 Å². The Bertz CT molecular complexity index is 521. The SMILES string of the molecule is [N-]=[N+]=CC(=O)[C@@H]1CCCN1CC(=O)c1ccccc1. The van der Waals surface area contributed by atoms with Crippen LogP contribution in [0.15, 0.2) is 30.3 Å². The lowest BCUT2D eigenvalue weighted by Crippen LogP contribution is -2.40. The second-order valence-electron chi connectivity index (χ2n) is 4.56. The molecule has 19 heavy (non-hydrogen) atoms. The minimum Gasteiger partial charge on any atom is -0.361 e. The largest absolute Gasteiger partial charge is 0.361 e. The number of likely N-dealkylation sites (tertiary alicyclic amines) is 1. The summed E-state index contributed by atoms with van der Waals surface area (Å²) < 4.78 is 0. The highest BCUT2D eigenvalue weighted by Crippen LogP contribution is 2.18. The van der Waals surface area contributed by atoms with Crippen molar-refractivity contribution in [3.8, 4) is 0 Å². The van der Waals surface area contributed by atoms with Crippen molar-refractivity contribution in [1.29, 1.82) is 0 Å². The first-order valence-electron chi connectivity index (χ1n) is 6.26. The number of ketones is 2. The van der Waals surface area contributed by atoms with Gasteiger partial charge in [-0.2, -0.15) is 4.79 Å². The number of carbonyl (C=O) groups excluding carboxylic acids is 2. The van der Waals surface area contributed by atoms with Gasteiger partial charge in [0.05, 0.1) is 12.6 Å². The van der Waals surface area contributed by atoms with E-state index in [4.69, 9.17) is 5.53 Å². The smallest absolute Gasteiger partial charge is 0.324 e. The third kappa shape index (κ3) is 3.22. The molecule has 2 rings (SSSR count). The quantitative estimate of drug-likeness (QED) is 0.344. The number of carbonyl (C=O) groups is 2. The van der Waals surface area contributed by atoms with Gasteiger partial charge in [-0.05, 0) is 19.4 Å². The highest BCUT2D eigenvalue weighted by molar-refractivity contribution is 6.27. The van der Waals surface area contributed by atoms with E-state index in [-0.39, 0.29) is 24.2 Å². The zero-order chi connectivity index (χ0) is 13.7. The molecule has 1 aliphatic rings. The molecule has 1 fully saturated rings. The van der Waals surface area contributed by atoms with Crippen LogP contribution in [0, 0.1) is 0 Å². The highest BCUT2D eigenvalue weighted by Gasteiger charge is 2.32. The molecule has 1 saturated heterocycles. The predicted molar refractivity (Wildman–Crippen MR) is 70.1 cm³/mol. The Morgan fingerprint density at radius 3 is 2.79 bits per heavy atom. The van der Waals surface area contributed by atoms with Gasteiger partial charge in [-0.25, -0.2) is 0 Å². The van der Waals surface area contributed by atoms with Crippen LogP contribution in [-0.2, 0) is 4.79 Å². The normalized spacial score (nSPS) is 18.8. The average Bonchev–Trinajstić information content (AvgIpc) is 2.88. The number of Topliss-reactive ketones (excluding diaryl/α,β-unsaturated/α-hetero) is 2. The first-order chi connectivity index (χ1) is 9.22. The standard InChI is InChI=1S/C14H15N3O2/c15-16-9-13(18)12-7-4-8-17(12)10-14(19)11-5-2-1-3-6-11/h1-3,5-6,9,12H,4,7-8,10H2/t12-/m0/s1. The molecule has 0 spiro atoms. The van der Waals surface area contributed by atoms with Gasteiger partial charge in [-0.3, -0.25) is 14.5 Å². The lowest BCUT2D eigenvalue weighted by molar-refractivity contribution is -0.119. The monoisotopic (exact) mass is 257 g/mol. The van der Waals surface area contributed by atoms with E-state index < -0.39 is 0 Å². The first-order valence-corrected chi connectivity index (χ1v) is 6.26. The van der Waals surface area contributed by atoms with Crippen molar-refractivity contribution in [2.75, 3.05) is 13.1 Å². The molecule has 98 valence electrons. The topological polar surface area (TPSA) is 73.8 Å². The molecule has 1 aromatic rings. The first kappa shape index (κ1) is 13.3. The third-order valence-electron chi connectivity index (χ3n) is 3.32. The Hall–Kier alpha value is -2.10. The second-order valence-corrected chi connectivity index (χ2v) is 4.56. The van der Waals surface area contributed by atoms with Crippen molar-refractivity contribution >= 4 is 17.8 Å². The van der Waals surface area contributed by atoms with Crippen LogP contribution in [0.2, 0.25) is 0 Å².